The van der Waals surface area contributed by atoms with E-state index in [2.05, 4.69) is 26.0 Å². The van der Waals surface area contributed by atoms with Crippen LogP contribution in [0.3, 0.4) is 0 Å². The summed E-state index contributed by atoms with van der Waals surface area (Å²) in [5, 5.41) is 20.7. The number of fused-ring (bicyclic) bond motifs is 1. The van der Waals surface area contributed by atoms with Gasteiger partial charge in [-0.1, -0.05) is 51.5 Å². The fourth-order valence-corrected chi connectivity index (χ4v) is 4.62. The maximum Gasteiger partial charge on any atom is 0.0822 e. The molecule has 0 radical (unpaired) electrons. The Bertz CT molecular complexity index is 433. The predicted molar refractivity (Wildman–Crippen MR) is 92.6 cm³/mol. The first-order chi connectivity index (χ1) is 10.4. The topological polar surface area (TPSA) is 40.5 Å². The Balaban J connectivity index is 2.01. The van der Waals surface area contributed by atoms with Crippen molar-refractivity contribution in [1.29, 1.82) is 0 Å². The van der Waals surface area contributed by atoms with Gasteiger partial charge in [0.05, 0.1) is 11.7 Å². The lowest BCUT2D eigenvalue weighted by atomic mass is 9.63. The minimum Gasteiger partial charge on any atom is -0.393 e. The van der Waals surface area contributed by atoms with Crippen LogP contribution in [0.4, 0.5) is 0 Å². The Morgan fingerprint density at radius 1 is 1.41 bits per heavy atom. The Labute approximate surface area is 136 Å². The molecule has 0 amide bonds. The molecule has 0 unspecified atom stereocenters. The molecule has 22 heavy (non-hydrogen) atoms. The number of rotatable bonds is 6. The van der Waals surface area contributed by atoms with Crippen molar-refractivity contribution in [2.75, 3.05) is 0 Å². The molecular weight excluding hydrogens is 272 g/mol. The number of aliphatic hydroxyl groups excluding tert-OH is 1. The lowest BCUT2D eigenvalue weighted by Gasteiger charge is -2.43. The molecule has 2 aliphatic carbocycles. The average molecular weight is 306 g/mol. The number of hydrogen-bond donors (Lipinski definition) is 2. The highest BCUT2D eigenvalue weighted by molar-refractivity contribution is 5.26. The Kier molecular flexibility index (Phi) is 5.55. The fraction of sp³-hybridized carbons (Fsp3) is 0.800. The monoisotopic (exact) mass is 306 g/mol. The molecule has 0 aromatic carbocycles. The molecule has 0 aromatic heterocycles. The molecule has 2 N–H and O–H groups in total. The molecule has 4 atom stereocenters. The molecule has 0 spiro atoms. The third-order valence-electron chi connectivity index (χ3n) is 6.40. The molecule has 2 aliphatic rings. The van der Waals surface area contributed by atoms with Crippen LogP contribution in [0.1, 0.15) is 72.6 Å². The lowest BCUT2D eigenvalue weighted by Crippen LogP contribution is -2.39. The second kappa shape index (κ2) is 6.88. The van der Waals surface area contributed by atoms with Crippen molar-refractivity contribution in [3.8, 4) is 0 Å². The van der Waals surface area contributed by atoms with Crippen LogP contribution in [0.5, 0.6) is 0 Å². The maximum absolute atomic E-state index is 10.3. The molecule has 0 heterocycles. The van der Waals surface area contributed by atoms with E-state index in [1.807, 2.05) is 19.9 Å². The molecule has 126 valence electrons. The van der Waals surface area contributed by atoms with E-state index in [1.54, 1.807) is 0 Å². The fourth-order valence-electron chi connectivity index (χ4n) is 4.62. The van der Waals surface area contributed by atoms with Crippen molar-refractivity contribution in [1.82, 2.24) is 0 Å². The van der Waals surface area contributed by atoms with Crippen LogP contribution in [0, 0.1) is 17.3 Å². The van der Waals surface area contributed by atoms with Crippen molar-refractivity contribution in [2.24, 2.45) is 17.3 Å². The largest absolute Gasteiger partial charge is 0.393 e. The molecule has 0 bridgehead atoms. The smallest absolute Gasteiger partial charge is 0.0822 e. The molecular formula is C20H34O2. The summed E-state index contributed by atoms with van der Waals surface area (Å²) in [6, 6.07) is 0. The molecule has 0 aliphatic heterocycles. The summed E-state index contributed by atoms with van der Waals surface area (Å²) < 4.78 is 0. The molecule has 2 heteroatoms. The van der Waals surface area contributed by atoms with E-state index in [4.69, 9.17) is 0 Å². The van der Waals surface area contributed by atoms with Gasteiger partial charge >= 0.3 is 0 Å². The van der Waals surface area contributed by atoms with Gasteiger partial charge in [-0.3, -0.25) is 0 Å². The van der Waals surface area contributed by atoms with Crippen molar-refractivity contribution >= 4 is 0 Å². The molecule has 2 rings (SSSR count). The molecule has 0 aromatic rings. The number of hydrogen-bond acceptors (Lipinski definition) is 2. The van der Waals surface area contributed by atoms with Crippen LogP contribution in [0.25, 0.3) is 0 Å². The first-order valence-corrected chi connectivity index (χ1v) is 9.15. The van der Waals surface area contributed by atoms with E-state index in [0.717, 1.165) is 38.5 Å². The van der Waals surface area contributed by atoms with Gasteiger partial charge < -0.3 is 10.2 Å². The van der Waals surface area contributed by atoms with Gasteiger partial charge in [0.2, 0.25) is 0 Å². The SMILES string of the molecule is CCC(O)(/C=C/C[C@H](C)C1=CC[C@H]2[C@@H](O)CCC[C@]12C)CC. The van der Waals surface area contributed by atoms with Gasteiger partial charge in [0.15, 0.2) is 0 Å². The van der Waals surface area contributed by atoms with E-state index < -0.39 is 5.60 Å². The summed E-state index contributed by atoms with van der Waals surface area (Å²) in [6.45, 7) is 8.72. The Morgan fingerprint density at radius 3 is 2.73 bits per heavy atom. The summed E-state index contributed by atoms with van der Waals surface area (Å²) >= 11 is 0. The first-order valence-electron chi connectivity index (χ1n) is 9.15. The van der Waals surface area contributed by atoms with Gasteiger partial charge in [0.1, 0.15) is 0 Å². The van der Waals surface area contributed by atoms with Gasteiger partial charge in [-0.05, 0) is 62.2 Å². The summed E-state index contributed by atoms with van der Waals surface area (Å²) in [4.78, 5) is 0. The minimum atomic E-state index is -0.642. The zero-order valence-corrected chi connectivity index (χ0v) is 14.8. The van der Waals surface area contributed by atoms with Crippen LogP contribution in [0.15, 0.2) is 23.8 Å². The molecule has 2 nitrogen and oxygen atoms in total. The number of aliphatic hydroxyl groups is 2. The second-order valence-electron chi connectivity index (χ2n) is 7.73. The van der Waals surface area contributed by atoms with Gasteiger partial charge in [0, 0.05) is 0 Å². The average Bonchev–Trinajstić information content (AvgIpc) is 2.85. The minimum absolute atomic E-state index is 0.125. The standard InChI is InChI=1S/C20H34O2/c1-5-20(22,6-2)14-7-9-15(3)16-11-12-17-18(21)10-8-13-19(16,17)4/h7,11,14-15,17-18,21-22H,5-6,8-10,12-13H2,1-4H3/b14-7+/t15-,17-,18-,19+/m0/s1. The summed E-state index contributed by atoms with van der Waals surface area (Å²) in [7, 11) is 0. The quantitative estimate of drug-likeness (QED) is 0.703. The van der Waals surface area contributed by atoms with Crippen LogP contribution >= 0.6 is 0 Å². The lowest BCUT2D eigenvalue weighted by molar-refractivity contribution is 0.00804. The van der Waals surface area contributed by atoms with E-state index >= 15 is 0 Å². The van der Waals surface area contributed by atoms with Crippen LogP contribution < -0.4 is 0 Å². The maximum atomic E-state index is 10.3. The van der Waals surface area contributed by atoms with Gasteiger partial charge in [0.25, 0.3) is 0 Å². The second-order valence-corrected chi connectivity index (χ2v) is 7.73. The van der Waals surface area contributed by atoms with Crippen LogP contribution in [0.2, 0.25) is 0 Å². The predicted octanol–water partition coefficient (Wildman–Crippen LogP) is 4.62. The third kappa shape index (κ3) is 3.33. The van der Waals surface area contributed by atoms with E-state index in [0.29, 0.717) is 11.8 Å². The first kappa shape index (κ1) is 17.7. The highest BCUT2D eigenvalue weighted by Crippen LogP contribution is 2.55. The van der Waals surface area contributed by atoms with Crippen molar-refractivity contribution in [3.63, 3.8) is 0 Å². The van der Waals surface area contributed by atoms with Crippen molar-refractivity contribution in [2.45, 2.75) is 84.3 Å². The Hall–Kier alpha value is -0.600. The normalized spacial score (nSPS) is 33.8. The molecule has 1 saturated carbocycles. The van der Waals surface area contributed by atoms with Gasteiger partial charge in [-0.15, -0.1) is 0 Å². The van der Waals surface area contributed by atoms with Crippen molar-refractivity contribution in [3.05, 3.63) is 23.8 Å². The zero-order chi connectivity index (χ0) is 16.4. The summed E-state index contributed by atoms with van der Waals surface area (Å²) in [5.41, 5.74) is 1.09. The molecule has 1 fully saturated rings. The van der Waals surface area contributed by atoms with E-state index in [-0.39, 0.29) is 11.5 Å². The van der Waals surface area contributed by atoms with E-state index in [1.165, 1.54) is 12.0 Å². The highest BCUT2D eigenvalue weighted by atomic mass is 16.3. The zero-order valence-electron chi connectivity index (χ0n) is 14.8. The Morgan fingerprint density at radius 2 is 2.09 bits per heavy atom. The summed E-state index contributed by atoms with van der Waals surface area (Å²) in [6.07, 6.45) is 13.3. The van der Waals surface area contributed by atoms with Gasteiger partial charge in [-0.2, -0.15) is 0 Å². The van der Waals surface area contributed by atoms with E-state index in [9.17, 15) is 10.2 Å². The van der Waals surface area contributed by atoms with Crippen LogP contribution in [-0.4, -0.2) is 21.9 Å². The van der Waals surface area contributed by atoms with Crippen LogP contribution in [-0.2, 0) is 0 Å². The highest BCUT2D eigenvalue weighted by Gasteiger charge is 2.47. The van der Waals surface area contributed by atoms with Gasteiger partial charge in [-0.25, -0.2) is 0 Å². The molecule has 0 saturated heterocycles. The number of allylic oxidation sites excluding steroid dienone is 3. The summed E-state index contributed by atoms with van der Waals surface area (Å²) in [5.74, 6) is 0.917. The van der Waals surface area contributed by atoms with Crippen molar-refractivity contribution < 1.29 is 10.2 Å². The third-order valence-corrected chi connectivity index (χ3v) is 6.40.